The molecule has 1 aliphatic carbocycles. The number of allylic oxidation sites excluding steroid dienone is 3. The molecular weight excluding hydrogens is 308 g/mol. The Hall–Kier alpha value is -3.38. The van der Waals surface area contributed by atoms with Crippen LogP contribution < -0.4 is 4.74 Å². The lowest BCUT2D eigenvalue weighted by Gasteiger charge is -2.28. The zero-order valence-corrected chi connectivity index (χ0v) is 13.2. The Morgan fingerprint density at radius 1 is 1.21 bits per heavy atom. The van der Waals surface area contributed by atoms with Gasteiger partial charge in [-0.15, -0.1) is 0 Å². The van der Waals surface area contributed by atoms with Gasteiger partial charge in [0.15, 0.2) is 11.2 Å². The highest BCUT2D eigenvalue weighted by atomic mass is 16.5. The number of nitrogens with zero attached hydrogens (tertiary/aromatic N) is 2. The minimum absolute atomic E-state index is 0.00630. The number of benzene rings is 1. The zero-order valence-electron chi connectivity index (χ0n) is 13.2. The number of carbonyl (C=O) groups excluding carboxylic acids is 2. The number of rotatable bonds is 4. The summed E-state index contributed by atoms with van der Waals surface area (Å²) in [7, 11) is 2.59. The van der Waals surface area contributed by atoms with Crippen LogP contribution in [-0.2, 0) is 14.3 Å². The van der Waals surface area contributed by atoms with Gasteiger partial charge in [0.05, 0.1) is 14.2 Å². The number of hydrogen-bond donors (Lipinski definition) is 0. The number of ether oxygens (including phenoxy) is 2. The summed E-state index contributed by atoms with van der Waals surface area (Å²) in [6.45, 7) is 0. The van der Waals surface area contributed by atoms with Crippen molar-refractivity contribution < 1.29 is 19.1 Å². The van der Waals surface area contributed by atoms with Gasteiger partial charge < -0.3 is 9.47 Å². The average Bonchev–Trinajstić information content (AvgIpc) is 3.00. The molecule has 120 valence electrons. The molecular formula is C18H14N2O4. The first kappa shape index (κ1) is 17.0. The van der Waals surface area contributed by atoms with E-state index in [1.807, 2.05) is 0 Å². The van der Waals surface area contributed by atoms with Gasteiger partial charge in [-0.3, -0.25) is 9.59 Å². The third kappa shape index (κ3) is 2.45. The number of hydrogen-bond acceptors (Lipinski definition) is 6. The van der Waals surface area contributed by atoms with E-state index >= 15 is 0 Å². The monoisotopic (exact) mass is 322 g/mol. The van der Waals surface area contributed by atoms with Crippen LogP contribution in [-0.4, -0.2) is 26.0 Å². The fourth-order valence-corrected chi connectivity index (χ4v) is 2.84. The summed E-state index contributed by atoms with van der Waals surface area (Å²) in [5.74, 6) is -1.00. The molecule has 1 aromatic carbocycles. The molecule has 1 aliphatic rings. The van der Waals surface area contributed by atoms with Crippen molar-refractivity contribution in [3.63, 3.8) is 0 Å². The van der Waals surface area contributed by atoms with Crippen molar-refractivity contribution in [2.24, 2.45) is 5.41 Å². The van der Waals surface area contributed by atoms with Gasteiger partial charge in [0.1, 0.15) is 23.5 Å². The predicted molar refractivity (Wildman–Crippen MR) is 84.4 cm³/mol. The highest BCUT2D eigenvalue weighted by Gasteiger charge is 2.53. The highest BCUT2D eigenvalue weighted by molar-refractivity contribution is 6.21. The molecule has 0 amide bonds. The van der Waals surface area contributed by atoms with Crippen LogP contribution in [0.2, 0.25) is 0 Å². The molecule has 6 heteroatoms. The molecule has 0 N–H and O–H groups in total. The van der Waals surface area contributed by atoms with Crippen LogP contribution in [0.3, 0.4) is 0 Å². The largest absolute Gasteiger partial charge is 0.496 e. The summed E-state index contributed by atoms with van der Waals surface area (Å²) in [5.41, 5.74) is -1.75. The second-order valence-electron chi connectivity index (χ2n) is 5.04. The Bertz CT molecular complexity index is 823. The SMILES string of the molecule is COC(=O)C1(C(=C(C#N)C#N)c2ccccc2OC)CC=CC1=O. The molecule has 0 spiro atoms. The summed E-state index contributed by atoms with van der Waals surface area (Å²) in [6, 6.07) is 10.2. The maximum absolute atomic E-state index is 12.6. The quantitative estimate of drug-likeness (QED) is 0.478. The van der Waals surface area contributed by atoms with E-state index in [9.17, 15) is 20.1 Å². The van der Waals surface area contributed by atoms with Crippen molar-refractivity contribution in [3.8, 4) is 17.9 Å². The van der Waals surface area contributed by atoms with Gasteiger partial charge in [-0.1, -0.05) is 24.3 Å². The van der Waals surface area contributed by atoms with Crippen molar-refractivity contribution in [2.45, 2.75) is 6.42 Å². The van der Waals surface area contributed by atoms with Gasteiger partial charge in [-0.05, 0) is 18.6 Å². The fourth-order valence-electron chi connectivity index (χ4n) is 2.84. The Balaban J connectivity index is 2.90. The van der Waals surface area contributed by atoms with Gasteiger partial charge in [0.25, 0.3) is 0 Å². The molecule has 1 unspecified atom stereocenters. The second kappa shape index (κ2) is 6.80. The topological polar surface area (TPSA) is 100 Å². The summed E-state index contributed by atoms with van der Waals surface area (Å²) in [4.78, 5) is 25.1. The van der Waals surface area contributed by atoms with E-state index in [1.54, 1.807) is 36.4 Å². The lowest BCUT2D eigenvalue weighted by molar-refractivity contribution is -0.151. The van der Waals surface area contributed by atoms with Gasteiger partial charge >= 0.3 is 5.97 Å². The molecule has 0 bridgehead atoms. The maximum Gasteiger partial charge on any atom is 0.324 e. The van der Waals surface area contributed by atoms with Crippen LogP contribution in [0, 0.1) is 28.1 Å². The van der Waals surface area contributed by atoms with Gasteiger partial charge in [0.2, 0.25) is 0 Å². The number of para-hydroxylation sites is 1. The minimum Gasteiger partial charge on any atom is -0.496 e. The smallest absolute Gasteiger partial charge is 0.324 e. The summed E-state index contributed by atoms with van der Waals surface area (Å²) in [6.07, 6.45) is 2.80. The van der Waals surface area contributed by atoms with Crippen molar-refractivity contribution in [2.75, 3.05) is 14.2 Å². The molecule has 0 radical (unpaired) electrons. The van der Waals surface area contributed by atoms with Gasteiger partial charge in [-0.2, -0.15) is 10.5 Å². The Labute approximate surface area is 139 Å². The fraction of sp³-hybridized carbons (Fsp3) is 0.222. The van der Waals surface area contributed by atoms with Crippen LogP contribution in [0.1, 0.15) is 12.0 Å². The zero-order chi connectivity index (χ0) is 17.7. The Morgan fingerprint density at radius 3 is 2.38 bits per heavy atom. The van der Waals surface area contributed by atoms with Crippen LogP contribution in [0.25, 0.3) is 5.57 Å². The molecule has 6 nitrogen and oxygen atoms in total. The predicted octanol–water partition coefficient (Wildman–Crippen LogP) is 2.18. The first-order chi connectivity index (χ1) is 11.6. The number of carbonyl (C=O) groups is 2. The number of esters is 1. The summed E-state index contributed by atoms with van der Waals surface area (Å²) in [5, 5.41) is 18.8. The molecule has 0 heterocycles. The van der Waals surface area contributed by atoms with Crippen molar-refractivity contribution >= 4 is 17.3 Å². The third-order valence-electron chi connectivity index (χ3n) is 3.92. The minimum atomic E-state index is -1.76. The lowest BCUT2D eigenvalue weighted by atomic mass is 9.72. The van der Waals surface area contributed by atoms with Crippen molar-refractivity contribution in [1.29, 1.82) is 10.5 Å². The van der Waals surface area contributed by atoms with E-state index in [0.717, 1.165) is 7.11 Å². The van der Waals surface area contributed by atoms with Crippen LogP contribution >= 0.6 is 0 Å². The maximum atomic E-state index is 12.6. The average molecular weight is 322 g/mol. The first-order valence-corrected chi connectivity index (χ1v) is 7.04. The summed E-state index contributed by atoms with van der Waals surface area (Å²) >= 11 is 0. The molecule has 0 aliphatic heterocycles. The number of nitriles is 2. The normalized spacial score (nSPS) is 18.4. The Morgan fingerprint density at radius 2 is 1.88 bits per heavy atom. The molecule has 1 atom stereocenters. The molecule has 0 saturated heterocycles. The van der Waals surface area contributed by atoms with Crippen molar-refractivity contribution in [1.82, 2.24) is 0 Å². The molecule has 0 aromatic heterocycles. The van der Waals surface area contributed by atoms with Gasteiger partial charge in [-0.25, -0.2) is 0 Å². The summed E-state index contributed by atoms with van der Waals surface area (Å²) < 4.78 is 10.1. The number of ketones is 1. The first-order valence-electron chi connectivity index (χ1n) is 7.04. The van der Waals surface area contributed by atoms with E-state index in [4.69, 9.17) is 9.47 Å². The second-order valence-corrected chi connectivity index (χ2v) is 5.04. The van der Waals surface area contributed by atoms with Crippen molar-refractivity contribution in [3.05, 3.63) is 47.6 Å². The van der Waals surface area contributed by atoms with E-state index in [0.29, 0.717) is 11.3 Å². The third-order valence-corrected chi connectivity index (χ3v) is 3.92. The molecule has 0 fully saturated rings. The molecule has 0 saturated carbocycles. The molecule has 2 rings (SSSR count). The van der Waals surface area contributed by atoms with E-state index in [-0.39, 0.29) is 17.6 Å². The van der Waals surface area contributed by atoms with E-state index in [2.05, 4.69) is 0 Å². The molecule has 1 aromatic rings. The van der Waals surface area contributed by atoms with Gasteiger partial charge in [0, 0.05) is 11.1 Å². The highest BCUT2D eigenvalue weighted by Crippen LogP contribution is 2.48. The van der Waals surface area contributed by atoms with E-state index in [1.165, 1.54) is 19.3 Å². The standard InChI is InChI=1S/C18H14N2O4/c1-23-14-7-4-3-6-13(14)16(12(10-19)11-20)18(17(22)24-2)9-5-8-15(18)21/h3-8H,9H2,1-2H3. The van der Waals surface area contributed by atoms with Crippen LogP contribution in [0.15, 0.2) is 42.0 Å². The molecule has 24 heavy (non-hydrogen) atoms. The van der Waals surface area contributed by atoms with Crippen LogP contribution in [0.4, 0.5) is 0 Å². The Kier molecular flexibility index (Phi) is 4.81. The van der Waals surface area contributed by atoms with Crippen LogP contribution in [0.5, 0.6) is 5.75 Å². The van der Waals surface area contributed by atoms with E-state index < -0.39 is 17.2 Å². The lowest BCUT2D eigenvalue weighted by Crippen LogP contribution is -2.38. The number of methoxy groups -OCH3 is 2.